The van der Waals surface area contributed by atoms with E-state index in [1.165, 1.54) is 12.1 Å². The van der Waals surface area contributed by atoms with Crippen LogP contribution in [0.5, 0.6) is 0 Å². The molecule has 1 aromatic heterocycles. The van der Waals surface area contributed by atoms with Crippen LogP contribution in [-0.2, 0) is 4.74 Å². The molecule has 0 atom stereocenters. The number of carboxylic acids is 1. The summed E-state index contributed by atoms with van der Waals surface area (Å²) in [4.78, 5) is 10.4. The molecule has 0 spiro atoms. The zero-order chi connectivity index (χ0) is 12.9. The second kappa shape index (κ2) is 5.97. The first kappa shape index (κ1) is 13.9. The zero-order valence-electron chi connectivity index (χ0n) is 8.49. The van der Waals surface area contributed by atoms with Crippen LogP contribution in [0.3, 0.4) is 0 Å². The summed E-state index contributed by atoms with van der Waals surface area (Å²) < 4.78 is 44.3. The van der Waals surface area contributed by atoms with Gasteiger partial charge in [0, 0.05) is 5.75 Å². The van der Waals surface area contributed by atoms with E-state index in [4.69, 9.17) is 9.52 Å². The van der Waals surface area contributed by atoms with Crippen molar-refractivity contribution in [3.05, 3.63) is 17.9 Å². The zero-order valence-corrected chi connectivity index (χ0v) is 9.31. The van der Waals surface area contributed by atoms with Gasteiger partial charge in [0.25, 0.3) is 0 Å². The van der Waals surface area contributed by atoms with E-state index in [0.717, 1.165) is 11.8 Å². The van der Waals surface area contributed by atoms with Gasteiger partial charge in [0.05, 0.1) is 6.61 Å². The van der Waals surface area contributed by atoms with Crippen molar-refractivity contribution in [2.75, 3.05) is 19.0 Å². The molecule has 0 amide bonds. The van der Waals surface area contributed by atoms with E-state index in [9.17, 15) is 18.0 Å². The lowest BCUT2D eigenvalue weighted by molar-refractivity contribution is -0.172. The van der Waals surface area contributed by atoms with Crippen LogP contribution >= 0.6 is 11.8 Å². The summed E-state index contributed by atoms with van der Waals surface area (Å²) in [5.74, 6) is -1.14. The molecule has 8 heteroatoms. The molecule has 0 bridgehead atoms. The van der Waals surface area contributed by atoms with Gasteiger partial charge in [-0.2, -0.15) is 13.2 Å². The number of ether oxygens (including phenoxy) is 1. The minimum absolute atomic E-state index is 0.0900. The Hall–Kier alpha value is -1.15. The number of carbonyl (C=O) groups is 1. The standard InChI is InChI=1S/C9H9F3O4S/c10-9(11,12)5-15-3-4-17-7-2-1-6(16-7)8(13)14/h1-2H,3-5H2,(H,13,14). The van der Waals surface area contributed by atoms with E-state index in [1.807, 2.05) is 0 Å². The number of hydrogen-bond acceptors (Lipinski definition) is 4. The molecule has 0 aliphatic rings. The molecule has 1 aromatic rings. The van der Waals surface area contributed by atoms with Gasteiger partial charge in [-0.3, -0.25) is 0 Å². The summed E-state index contributed by atoms with van der Waals surface area (Å²) in [5, 5.41) is 8.88. The summed E-state index contributed by atoms with van der Waals surface area (Å²) in [5.41, 5.74) is 0. The van der Waals surface area contributed by atoms with Gasteiger partial charge in [-0.25, -0.2) is 4.79 Å². The van der Waals surface area contributed by atoms with Crippen molar-refractivity contribution < 1.29 is 32.2 Å². The Bertz CT molecular complexity index is 375. The lowest BCUT2D eigenvalue weighted by atomic mass is 10.5. The molecule has 17 heavy (non-hydrogen) atoms. The van der Waals surface area contributed by atoms with Crippen molar-refractivity contribution in [1.29, 1.82) is 0 Å². The minimum atomic E-state index is -4.33. The summed E-state index contributed by atoms with van der Waals surface area (Å²) in [6, 6.07) is 2.72. The molecule has 0 aliphatic heterocycles. The quantitative estimate of drug-likeness (QED) is 0.636. The van der Waals surface area contributed by atoms with Crippen molar-refractivity contribution in [3.63, 3.8) is 0 Å². The van der Waals surface area contributed by atoms with Crippen LogP contribution in [0.1, 0.15) is 10.6 Å². The van der Waals surface area contributed by atoms with Crippen molar-refractivity contribution in [1.82, 2.24) is 0 Å². The second-order valence-electron chi connectivity index (χ2n) is 2.94. The van der Waals surface area contributed by atoms with Crippen molar-refractivity contribution in [2.24, 2.45) is 0 Å². The van der Waals surface area contributed by atoms with Crippen LogP contribution in [0.15, 0.2) is 21.6 Å². The predicted molar refractivity (Wildman–Crippen MR) is 53.3 cm³/mol. The third kappa shape index (κ3) is 5.64. The second-order valence-corrected chi connectivity index (χ2v) is 4.04. The lowest BCUT2D eigenvalue weighted by Gasteiger charge is -2.06. The number of halogens is 3. The van der Waals surface area contributed by atoms with Gasteiger partial charge < -0.3 is 14.3 Å². The molecule has 4 nitrogen and oxygen atoms in total. The first-order valence-corrected chi connectivity index (χ1v) is 5.47. The highest BCUT2D eigenvalue weighted by molar-refractivity contribution is 7.99. The van der Waals surface area contributed by atoms with Crippen LogP contribution in [0.4, 0.5) is 13.2 Å². The molecular weight excluding hydrogens is 261 g/mol. The van der Waals surface area contributed by atoms with Crippen molar-refractivity contribution in [3.8, 4) is 0 Å². The molecule has 0 saturated heterocycles. The molecule has 1 heterocycles. The molecule has 0 aromatic carbocycles. The first-order valence-electron chi connectivity index (χ1n) is 4.49. The first-order chi connectivity index (χ1) is 7.88. The van der Waals surface area contributed by atoms with Crippen LogP contribution in [0, 0.1) is 0 Å². The van der Waals surface area contributed by atoms with E-state index in [-0.39, 0.29) is 18.1 Å². The summed E-state index contributed by atoms with van der Waals surface area (Å²) in [6.45, 7) is -1.38. The fraction of sp³-hybridized carbons (Fsp3) is 0.444. The van der Waals surface area contributed by atoms with E-state index in [0.29, 0.717) is 5.09 Å². The molecular formula is C9H9F3O4S. The third-order valence-electron chi connectivity index (χ3n) is 1.53. The van der Waals surface area contributed by atoms with Gasteiger partial charge in [-0.05, 0) is 12.1 Å². The maximum Gasteiger partial charge on any atom is 0.411 e. The highest BCUT2D eigenvalue weighted by atomic mass is 32.2. The molecule has 0 fully saturated rings. The van der Waals surface area contributed by atoms with Crippen LogP contribution in [0.2, 0.25) is 0 Å². The molecule has 0 saturated carbocycles. The van der Waals surface area contributed by atoms with Gasteiger partial charge in [0.15, 0.2) is 5.09 Å². The highest BCUT2D eigenvalue weighted by Crippen LogP contribution is 2.21. The summed E-state index contributed by atoms with van der Waals surface area (Å²) in [6.07, 6.45) is -4.33. The van der Waals surface area contributed by atoms with Gasteiger partial charge in [0.2, 0.25) is 5.76 Å². The Morgan fingerprint density at radius 2 is 2.18 bits per heavy atom. The Morgan fingerprint density at radius 1 is 1.47 bits per heavy atom. The number of thioether (sulfide) groups is 1. The Morgan fingerprint density at radius 3 is 2.71 bits per heavy atom. The fourth-order valence-corrected chi connectivity index (χ4v) is 1.62. The van der Waals surface area contributed by atoms with Gasteiger partial charge >= 0.3 is 12.1 Å². The van der Waals surface area contributed by atoms with Crippen molar-refractivity contribution >= 4 is 17.7 Å². The highest BCUT2D eigenvalue weighted by Gasteiger charge is 2.27. The minimum Gasteiger partial charge on any atom is -0.475 e. The van der Waals surface area contributed by atoms with Crippen molar-refractivity contribution in [2.45, 2.75) is 11.3 Å². The molecule has 0 radical (unpaired) electrons. The molecule has 0 unspecified atom stereocenters. The fourth-order valence-electron chi connectivity index (χ4n) is 0.902. The molecule has 1 rings (SSSR count). The average molecular weight is 270 g/mol. The third-order valence-corrected chi connectivity index (χ3v) is 2.40. The summed E-state index contributed by atoms with van der Waals surface area (Å²) in [7, 11) is 0. The number of carboxylic acid groups (broad SMARTS) is 1. The van der Waals surface area contributed by atoms with E-state index in [1.54, 1.807) is 0 Å². The van der Waals surface area contributed by atoms with Gasteiger partial charge in [-0.15, -0.1) is 0 Å². The van der Waals surface area contributed by atoms with E-state index >= 15 is 0 Å². The normalized spacial score (nSPS) is 11.7. The predicted octanol–water partition coefficient (Wildman–Crippen LogP) is 2.65. The monoisotopic (exact) mass is 270 g/mol. The molecule has 0 aliphatic carbocycles. The SMILES string of the molecule is O=C(O)c1ccc(SCCOCC(F)(F)F)o1. The number of hydrogen-bond donors (Lipinski definition) is 1. The maximum absolute atomic E-state index is 11.7. The average Bonchev–Trinajstić information content (AvgIpc) is 2.64. The van der Waals surface area contributed by atoms with Crippen LogP contribution in [0.25, 0.3) is 0 Å². The smallest absolute Gasteiger partial charge is 0.411 e. The number of alkyl halides is 3. The lowest BCUT2D eigenvalue weighted by Crippen LogP contribution is -2.17. The number of aromatic carboxylic acids is 1. The topological polar surface area (TPSA) is 59.7 Å². The number of furan rings is 1. The largest absolute Gasteiger partial charge is 0.475 e. The van der Waals surface area contributed by atoms with Gasteiger partial charge in [-0.1, -0.05) is 11.8 Å². The van der Waals surface area contributed by atoms with Crippen LogP contribution < -0.4 is 0 Å². The molecule has 1 N–H and O–H groups in total. The molecule has 96 valence electrons. The Labute approximate surface area is 98.7 Å². The van der Waals surface area contributed by atoms with Gasteiger partial charge in [0.1, 0.15) is 6.61 Å². The Kier molecular flexibility index (Phi) is 4.88. The van der Waals surface area contributed by atoms with E-state index in [2.05, 4.69) is 4.74 Å². The van der Waals surface area contributed by atoms with Crippen LogP contribution in [-0.4, -0.2) is 36.2 Å². The van der Waals surface area contributed by atoms with E-state index < -0.39 is 18.8 Å². The Balaban J connectivity index is 2.20. The maximum atomic E-state index is 11.7. The number of rotatable bonds is 6. The summed E-state index contributed by atoms with van der Waals surface area (Å²) >= 11 is 1.09.